The highest BCUT2D eigenvalue weighted by Crippen LogP contribution is 2.25. The SMILES string of the molecule is CCN(CC)CCNC(=O)C(=O)NC[C@@H](c1ccco1)N1CCN(c2ccc(OC)cc2)CC1. The minimum Gasteiger partial charge on any atom is -0.497 e. The minimum absolute atomic E-state index is 0.138. The van der Waals surface area contributed by atoms with Gasteiger partial charge in [-0.05, 0) is 49.5 Å². The summed E-state index contributed by atoms with van der Waals surface area (Å²) in [6, 6.07) is 11.7. The zero-order valence-electron chi connectivity index (χ0n) is 20.5. The largest absolute Gasteiger partial charge is 0.497 e. The van der Waals surface area contributed by atoms with Gasteiger partial charge in [0.1, 0.15) is 11.5 Å². The van der Waals surface area contributed by atoms with Crippen LogP contribution in [0, 0.1) is 0 Å². The van der Waals surface area contributed by atoms with Gasteiger partial charge in [0.15, 0.2) is 0 Å². The first-order valence-electron chi connectivity index (χ1n) is 12.0. The van der Waals surface area contributed by atoms with E-state index in [0.29, 0.717) is 13.1 Å². The second-order valence-corrected chi connectivity index (χ2v) is 8.25. The van der Waals surface area contributed by atoms with Crippen LogP contribution in [-0.2, 0) is 9.59 Å². The number of hydrogen-bond donors (Lipinski definition) is 2. The molecule has 1 aliphatic heterocycles. The number of hydrogen-bond acceptors (Lipinski definition) is 7. The summed E-state index contributed by atoms with van der Waals surface area (Å²) in [5.41, 5.74) is 1.16. The van der Waals surface area contributed by atoms with Crippen molar-refractivity contribution < 1.29 is 18.7 Å². The Labute approximate surface area is 202 Å². The van der Waals surface area contributed by atoms with Gasteiger partial charge < -0.3 is 29.6 Å². The van der Waals surface area contributed by atoms with Crippen molar-refractivity contribution in [1.82, 2.24) is 20.4 Å². The Morgan fingerprint density at radius 3 is 2.29 bits per heavy atom. The Hall–Kier alpha value is -3.04. The Morgan fingerprint density at radius 1 is 1.03 bits per heavy atom. The molecule has 0 bridgehead atoms. The molecule has 9 nitrogen and oxygen atoms in total. The number of rotatable bonds is 11. The van der Waals surface area contributed by atoms with Crippen LogP contribution in [0.15, 0.2) is 47.1 Å². The fourth-order valence-electron chi connectivity index (χ4n) is 4.19. The number of piperazine rings is 1. The molecule has 2 heterocycles. The van der Waals surface area contributed by atoms with Gasteiger partial charge in [-0.3, -0.25) is 14.5 Å². The number of ether oxygens (including phenoxy) is 1. The van der Waals surface area contributed by atoms with Gasteiger partial charge in [-0.1, -0.05) is 13.8 Å². The summed E-state index contributed by atoms with van der Waals surface area (Å²) in [7, 11) is 1.66. The maximum atomic E-state index is 12.4. The van der Waals surface area contributed by atoms with E-state index in [1.165, 1.54) is 0 Å². The summed E-state index contributed by atoms with van der Waals surface area (Å²) < 4.78 is 10.9. The lowest BCUT2D eigenvalue weighted by Crippen LogP contribution is -2.51. The number of furan rings is 1. The highest BCUT2D eigenvalue weighted by Gasteiger charge is 2.28. The van der Waals surface area contributed by atoms with E-state index in [9.17, 15) is 9.59 Å². The summed E-state index contributed by atoms with van der Waals surface area (Å²) in [5, 5.41) is 5.50. The lowest BCUT2D eigenvalue weighted by molar-refractivity contribution is -0.139. The summed E-state index contributed by atoms with van der Waals surface area (Å²) in [6.07, 6.45) is 1.64. The average Bonchev–Trinajstić information content (AvgIpc) is 3.41. The topological polar surface area (TPSA) is 90.3 Å². The fraction of sp³-hybridized carbons (Fsp3) is 0.520. The molecule has 3 rings (SSSR count). The van der Waals surface area contributed by atoms with Crippen molar-refractivity contribution in [3.63, 3.8) is 0 Å². The van der Waals surface area contributed by atoms with Crippen LogP contribution in [0.3, 0.4) is 0 Å². The number of carbonyl (C=O) groups is 2. The van der Waals surface area contributed by atoms with E-state index in [1.807, 2.05) is 24.3 Å². The van der Waals surface area contributed by atoms with Gasteiger partial charge in [-0.25, -0.2) is 0 Å². The van der Waals surface area contributed by atoms with Gasteiger partial charge in [-0.2, -0.15) is 0 Å². The molecule has 0 aliphatic carbocycles. The number of nitrogens with one attached hydrogen (secondary N) is 2. The van der Waals surface area contributed by atoms with Gasteiger partial charge in [0.25, 0.3) is 0 Å². The average molecular weight is 472 g/mol. The van der Waals surface area contributed by atoms with Crippen molar-refractivity contribution in [2.24, 2.45) is 0 Å². The molecular formula is C25H37N5O4. The van der Waals surface area contributed by atoms with Crippen molar-refractivity contribution in [3.05, 3.63) is 48.4 Å². The van der Waals surface area contributed by atoms with Crippen molar-refractivity contribution in [1.29, 1.82) is 0 Å². The lowest BCUT2D eigenvalue weighted by atomic mass is 10.1. The van der Waals surface area contributed by atoms with Crippen molar-refractivity contribution in [2.45, 2.75) is 19.9 Å². The Balaban J connectivity index is 1.52. The number of nitrogens with zero attached hydrogens (tertiary/aromatic N) is 3. The van der Waals surface area contributed by atoms with E-state index in [0.717, 1.165) is 63.0 Å². The molecule has 1 atom stereocenters. The maximum Gasteiger partial charge on any atom is 0.309 e. The molecule has 2 aromatic rings. The van der Waals surface area contributed by atoms with E-state index >= 15 is 0 Å². The number of anilines is 1. The van der Waals surface area contributed by atoms with Crippen molar-refractivity contribution in [3.8, 4) is 5.75 Å². The molecule has 1 fully saturated rings. The van der Waals surface area contributed by atoms with Crippen LogP contribution in [0.1, 0.15) is 25.6 Å². The number of benzene rings is 1. The minimum atomic E-state index is -0.618. The van der Waals surface area contributed by atoms with E-state index in [1.54, 1.807) is 13.4 Å². The first kappa shape index (κ1) is 25.6. The monoisotopic (exact) mass is 471 g/mol. The molecule has 0 radical (unpaired) electrons. The molecule has 9 heteroatoms. The maximum absolute atomic E-state index is 12.4. The summed E-state index contributed by atoms with van der Waals surface area (Å²) in [4.78, 5) is 31.4. The summed E-state index contributed by atoms with van der Waals surface area (Å²) in [5.74, 6) is 0.399. The second kappa shape index (κ2) is 13.0. The third-order valence-electron chi connectivity index (χ3n) is 6.33. The highest BCUT2D eigenvalue weighted by molar-refractivity contribution is 6.35. The lowest BCUT2D eigenvalue weighted by Gasteiger charge is -2.39. The van der Waals surface area contributed by atoms with E-state index < -0.39 is 11.8 Å². The van der Waals surface area contributed by atoms with Crippen LogP contribution in [0.4, 0.5) is 5.69 Å². The normalized spacial score (nSPS) is 15.2. The Morgan fingerprint density at radius 2 is 1.71 bits per heavy atom. The second-order valence-electron chi connectivity index (χ2n) is 8.25. The first-order chi connectivity index (χ1) is 16.5. The molecule has 1 aromatic heterocycles. The Kier molecular flexibility index (Phi) is 9.78. The molecule has 34 heavy (non-hydrogen) atoms. The van der Waals surface area contributed by atoms with Crippen molar-refractivity contribution in [2.75, 3.05) is 70.9 Å². The summed E-state index contributed by atoms with van der Waals surface area (Å²) >= 11 is 0. The van der Waals surface area contributed by atoms with Crippen molar-refractivity contribution >= 4 is 17.5 Å². The van der Waals surface area contributed by atoms with Gasteiger partial charge in [0, 0.05) is 51.5 Å². The molecular weight excluding hydrogens is 434 g/mol. The molecule has 186 valence electrons. The summed E-state index contributed by atoms with van der Waals surface area (Å²) in [6.45, 7) is 10.8. The van der Waals surface area contributed by atoms with Gasteiger partial charge >= 0.3 is 11.8 Å². The van der Waals surface area contributed by atoms with Crippen LogP contribution in [-0.4, -0.2) is 87.6 Å². The predicted octanol–water partition coefficient (Wildman–Crippen LogP) is 1.73. The van der Waals surface area contributed by atoms with E-state index in [-0.39, 0.29) is 6.04 Å². The molecule has 2 amide bonds. The van der Waals surface area contributed by atoms with Crippen LogP contribution in [0.2, 0.25) is 0 Å². The van der Waals surface area contributed by atoms with Crippen LogP contribution in [0.25, 0.3) is 0 Å². The van der Waals surface area contributed by atoms with Crippen LogP contribution >= 0.6 is 0 Å². The molecule has 1 aromatic carbocycles. The third kappa shape index (κ3) is 6.98. The standard InChI is InChI=1S/C25H37N5O4/c1-4-28(5-2)13-12-26-24(31)25(32)27-19-22(23-7-6-18-34-23)30-16-14-29(15-17-30)20-8-10-21(33-3)11-9-20/h6-11,18,22H,4-5,12-17,19H2,1-3H3,(H,26,31)(H,27,32)/t22-/m0/s1. The number of likely N-dealkylation sites (N-methyl/N-ethyl adjacent to an activating group) is 1. The quantitative estimate of drug-likeness (QED) is 0.483. The smallest absolute Gasteiger partial charge is 0.309 e. The number of methoxy groups -OCH3 is 1. The zero-order chi connectivity index (χ0) is 24.3. The fourth-order valence-corrected chi connectivity index (χ4v) is 4.19. The number of amides is 2. The van der Waals surface area contributed by atoms with Gasteiger partial charge in [0.05, 0.1) is 19.4 Å². The van der Waals surface area contributed by atoms with E-state index in [2.05, 4.69) is 51.3 Å². The molecule has 2 N–H and O–H groups in total. The Bertz CT molecular complexity index is 875. The first-order valence-corrected chi connectivity index (χ1v) is 12.0. The molecule has 0 saturated carbocycles. The third-order valence-corrected chi connectivity index (χ3v) is 6.33. The predicted molar refractivity (Wildman–Crippen MR) is 132 cm³/mol. The zero-order valence-corrected chi connectivity index (χ0v) is 20.5. The molecule has 1 aliphatic rings. The van der Waals surface area contributed by atoms with Crippen LogP contribution < -0.4 is 20.3 Å². The van der Waals surface area contributed by atoms with Gasteiger partial charge in [0.2, 0.25) is 0 Å². The highest BCUT2D eigenvalue weighted by atomic mass is 16.5. The molecule has 0 unspecified atom stereocenters. The molecule has 1 saturated heterocycles. The van der Waals surface area contributed by atoms with E-state index in [4.69, 9.17) is 9.15 Å². The molecule has 0 spiro atoms. The number of carbonyl (C=O) groups excluding carboxylic acids is 2. The van der Waals surface area contributed by atoms with Crippen LogP contribution in [0.5, 0.6) is 5.75 Å². The van der Waals surface area contributed by atoms with Gasteiger partial charge in [-0.15, -0.1) is 0 Å².